The number of nitrogens with one attached hydrogen (secondary N) is 1. The Hall–Kier alpha value is -2.16. The summed E-state index contributed by atoms with van der Waals surface area (Å²) in [5.41, 5.74) is 1.40. The fourth-order valence-electron chi connectivity index (χ4n) is 3.86. The molecule has 0 fully saturated rings. The molecule has 8 nitrogen and oxygen atoms in total. The van der Waals surface area contributed by atoms with Crippen molar-refractivity contribution in [3.8, 4) is 5.75 Å². The maximum Gasteiger partial charge on any atom is 0.227 e. The van der Waals surface area contributed by atoms with E-state index in [4.69, 9.17) is 4.74 Å². The van der Waals surface area contributed by atoms with Gasteiger partial charge in [0.15, 0.2) is 0 Å². The van der Waals surface area contributed by atoms with Crippen molar-refractivity contribution in [2.45, 2.75) is 45.3 Å². The largest absolute Gasteiger partial charge is 0.488 e. The van der Waals surface area contributed by atoms with E-state index in [2.05, 4.69) is 22.0 Å². The molecule has 0 aromatic heterocycles. The Kier molecular flexibility index (Phi) is 9.93. The maximum absolute atomic E-state index is 13.2. The van der Waals surface area contributed by atoms with Crippen LogP contribution in [-0.4, -0.2) is 98.2 Å². The average Bonchev–Trinajstić information content (AvgIpc) is 2.75. The van der Waals surface area contributed by atoms with Crippen LogP contribution in [0.1, 0.15) is 32.3 Å². The molecule has 8 heteroatoms. The molecule has 3 atom stereocenters. The summed E-state index contributed by atoms with van der Waals surface area (Å²) < 4.78 is 6.40. The van der Waals surface area contributed by atoms with Gasteiger partial charge in [0.1, 0.15) is 11.9 Å². The first kappa shape index (κ1) is 26.1. The fraction of sp³-hybridized carbons (Fsp3) is 0.667. The Morgan fingerprint density at radius 1 is 1.28 bits per heavy atom. The highest BCUT2D eigenvalue weighted by molar-refractivity contribution is 5.91. The predicted octanol–water partition coefficient (Wildman–Crippen LogP) is 1.68. The minimum Gasteiger partial charge on any atom is -0.488 e. The van der Waals surface area contributed by atoms with Gasteiger partial charge in [0, 0.05) is 36.7 Å². The second kappa shape index (κ2) is 12.2. The summed E-state index contributed by atoms with van der Waals surface area (Å²) in [6.07, 6.45) is 1.26. The van der Waals surface area contributed by atoms with E-state index in [1.165, 1.54) is 0 Å². The van der Waals surface area contributed by atoms with Crippen molar-refractivity contribution in [3.63, 3.8) is 0 Å². The van der Waals surface area contributed by atoms with Gasteiger partial charge in [-0.15, -0.1) is 0 Å². The van der Waals surface area contributed by atoms with Crippen molar-refractivity contribution >= 4 is 17.5 Å². The number of benzene rings is 1. The standard InChI is InChI=1S/C24H40N4O4/c1-17-14-28(18(2)16-29)24(31)13-19-12-20(25-23(30)8-7-11-26(3)4)9-10-21(19)32-22(17)15-27(5)6/h9-10,12,17-18,22,29H,7-8,11,13-16H2,1-6H3,(H,25,30)/t17-,18+,22-/m1/s1. The number of aliphatic hydroxyl groups is 1. The van der Waals surface area contributed by atoms with E-state index in [0.717, 1.165) is 18.5 Å². The van der Waals surface area contributed by atoms with E-state index >= 15 is 0 Å². The molecule has 0 spiro atoms. The second-order valence-corrected chi connectivity index (χ2v) is 9.43. The van der Waals surface area contributed by atoms with Crippen LogP contribution in [0.5, 0.6) is 5.75 Å². The lowest BCUT2D eigenvalue weighted by molar-refractivity contribution is -0.134. The number of carbonyl (C=O) groups excluding carboxylic acids is 2. The third kappa shape index (κ3) is 7.76. The zero-order chi connectivity index (χ0) is 23.8. The van der Waals surface area contributed by atoms with Gasteiger partial charge in [-0.1, -0.05) is 6.92 Å². The minimum atomic E-state index is -0.272. The summed E-state index contributed by atoms with van der Waals surface area (Å²) in [5.74, 6) is 0.651. The molecule has 180 valence electrons. The number of hydrogen-bond acceptors (Lipinski definition) is 6. The lowest BCUT2D eigenvalue weighted by Crippen LogP contribution is -2.47. The zero-order valence-corrected chi connectivity index (χ0v) is 20.4. The Morgan fingerprint density at radius 3 is 2.62 bits per heavy atom. The van der Waals surface area contributed by atoms with Crippen LogP contribution in [0.4, 0.5) is 5.69 Å². The average molecular weight is 449 g/mol. The summed E-state index contributed by atoms with van der Waals surface area (Å²) in [4.78, 5) is 31.4. The Labute approximate surface area is 192 Å². The quantitative estimate of drug-likeness (QED) is 0.598. The first-order chi connectivity index (χ1) is 15.1. The van der Waals surface area contributed by atoms with Crippen molar-refractivity contribution in [1.82, 2.24) is 14.7 Å². The molecular weight excluding hydrogens is 408 g/mol. The molecule has 1 aromatic carbocycles. The molecule has 0 aliphatic carbocycles. The molecular formula is C24H40N4O4. The van der Waals surface area contributed by atoms with Gasteiger partial charge in [-0.2, -0.15) is 0 Å². The van der Waals surface area contributed by atoms with Gasteiger partial charge in [0.05, 0.1) is 19.1 Å². The van der Waals surface area contributed by atoms with E-state index < -0.39 is 0 Å². The first-order valence-corrected chi connectivity index (χ1v) is 11.4. The molecule has 2 amide bonds. The highest BCUT2D eigenvalue weighted by Crippen LogP contribution is 2.29. The molecule has 1 heterocycles. The Bertz CT molecular complexity index is 768. The topological polar surface area (TPSA) is 85.3 Å². The van der Waals surface area contributed by atoms with Crippen molar-refractivity contribution < 1.29 is 19.4 Å². The van der Waals surface area contributed by atoms with E-state index in [0.29, 0.717) is 30.9 Å². The zero-order valence-electron chi connectivity index (χ0n) is 20.4. The number of nitrogens with zero attached hydrogens (tertiary/aromatic N) is 3. The van der Waals surface area contributed by atoms with Gasteiger partial charge in [0.2, 0.25) is 11.8 Å². The number of aliphatic hydroxyl groups excluding tert-OH is 1. The van der Waals surface area contributed by atoms with Gasteiger partial charge in [-0.05, 0) is 66.3 Å². The summed E-state index contributed by atoms with van der Waals surface area (Å²) in [6, 6.07) is 5.24. The van der Waals surface area contributed by atoms with Gasteiger partial charge < -0.3 is 29.9 Å². The van der Waals surface area contributed by atoms with Crippen LogP contribution in [0.2, 0.25) is 0 Å². The lowest BCUT2D eigenvalue weighted by Gasteiger charge is -2.33. The third-order valence-corrected chi connectivity index (χ3v) is 5.75. The number of rotatable bonds is 9. The summed E-state index contributed by atoms with van der Waals surface area (Å²) in [7, 11) is 7.96. The third-order valence-electron chi connectivity index (χ3n) is 5.75. The van der Waals surface area contributed by atoms with E-state index in [-0.39, 0.29) is 42.9 Å². The van der Waals surface area contributed by atoms with Gasteiger partial charge >= 0.3 is 0 Å². The van der Waals surface area contributed by atoms with Crippen LogP contribution in [0, 0.1) is 5.92 Å². The normalized spacial score (nSPS) is 20.3. The molecule has 32 heavy (non-hydrogen) atoms. The smallest absolute Gasteiger partial charge is 0.227 e. The number of anilines is 1. The van der Waals surface area contributed by atoms with Crippen LogP contribution in [-0.2, 0) is 16.0 Å². The molecule has 0 saturated heterocycles. The molecule has 0 bridgehead atoms. The molecule has 1 aliphatic heterocycles. The second-order valence-electron chi connectivity index (χ2n) is 9.43. The number of carbonyl (C=O) groups is 2. The number of likely N-dealkylation sites (N-methyl/N-ethyl adjacent to an activating group) is 1. The highest BCUT2D eigenvalue weighted by Gasteiger charge is 2.30. The van der Waals surface area contributed by atoms with Crippen molar-refractivity contribution in [1.29, 1.82) is 0 Å². The van der Waals surface area contributed by atoms with Gasteiger partial charge in [-0.25, -0.2) is 0 Å². The number of ether oxygens (including phenoxy) is 1. The van der Waals surface area contributed by atoms with Crippen molar-refractivity contribution in [2.24, 2.45) is 5.92 Å². The number of fused-ring (bicyclic) bond motifs is 1. The van der Waals surface area contributed by atoms with Gasteiger partial charge in [0.25, 0.3) is 0 Å². The summed E-state index contributed by atoms with van der Waals surface area (Å²) in [6.45, 7) is 5.92. The molecule has 0 radical (unpaired) electrons. The van der Waals surface area contributed by atoms with Crippen LogP contribution in [0.25, 0.3) is 0 Å². The predicted molar refractivity (Wildman–Crippen MR) is 127 cm³/mol. The molecule has 2 rings (SSSR count). The van der Waals surface area contributed by atoms with Crippen molar-refractivity contribution in [2.75, 3.05) is 59.7 Å². The minimum absolute atomic E-state index is 0.0447. The van der Waals surface area contributed by atoms with Crippen LogP contribution < -0.4 is 10.1 Å². The van der Waals surface area contributed by atoms with E-state index in [9.17, 15) is 14.7 Å². The molecule has 0 saturated carbocycles. The molecule has 0 unspecified atom stereocenters. The number of hydrogen-bond donors (Lipinski definition) is 2. The van der Waals surface area contributed by atoms with E-state index in [1.54, 1.807) is 4.90 Å². The van der Waals surface area contributed by atoms with Crippen LogP contribution in [0.15, 0.2) is 18.2 Å². The SMILES string of the molecule is C[C@@H]1CN([C@@H](C)CO)C(=O)Cc2cc(NC(=O)CCCN(C)C)ccc2O[C@@H]1CN(C)C. The monoisotopic (exact) mass is 448 g/mol. The molecule has 2 N–H and O–H groups in total. The van der Waals surface area contributed by atoms with Crippen LogP contribution >= 0.6 is 0 Å². The van der Waals surface area contributed by atoms with Gasteiger partial charge in [-0.3, -0.25) is 9.59 Å². The lowest BCUT2D eigenvalue weighted by atomic mass is 10.0. The maximum atomic E-state index is 13.2. The summed E-state index contributed by atoms with van der Waals surface area (Å²) in [5, 5.41) is 12.6. The summed E-state index contributed by atoms with van der Waals surface area (Å²) >= 11 is 0. The number of amides is 2. The van der Waals surface area contributed by atoms with Crippen molar-refractivity contribution in [3.05, 3.63) is 23.8 Å². The highest BCUT2D eigenvalue weighted by atomic mass is 16.5. The fourth-order valence-corrected chi connectivity index (χ4v) is 3.86. The molecule has 1 aromatic rings. The van der Waals surface area contributed by atoms with E-state index in [1.807, 2.05) is 53.3 Å². The first-order valence-electron chi connectivity index (χ1n) is 11.4. The van der Waals surface area contributed by atoms with Crippen LogP contribution in [0.3, 0.4) is 0 Å². The Balaban J connectivity index is 2.27. The Morgan fingerprint density at radius 2 is 2.00 bits per heavy atom. The molecule has 1 aliphatic rings.